The van der Waals surface area contributed by atoms with Crippen LogP contribution in [0, 0.1) is 0 Å². The van der Waals surface area contributed by atoms with Gasteiger partial charge in [-0.3, -0.25) is 0 Å². The highest BCUT2D eigenvalue weighted by Gasteiger charge is 2.29. The summed E-state index contributed by atoms with van der Waals surface area (Å²) in [7, 11) is -3.54. The van der Waals surface area contributed by atoms with E-state index in [9.17, 15) is 13.5 Å². The molecule has 0 spiro atoms. The third kappa shape index (κ3) is 2.76. The van der Waals surface area contributed by atoms with E-state index in [0.717, 1.165) is 18.4 Å². The summed E-state index contributed by atoms with van der Waals surface area (Å²) in [5.74, 6) is 0. The lowest BCUT2D eigenvalue weighted by Crippen LogP contribution is -2.31. The predicted molar refractivity (Wildman–Crippen MR) is 82.6 cm³/mol. The van der Waals surface area contributed by atoms with Crippen molar-refractivity contribution in [3.63, 3.8) is 0 Å². The maximum absolute atomic E-state index is 12.8. The van der Waals surface area contributed by atoms with Gasteiger partial charge in [-0.15, -0.1) is 11.3 Å². The van der Waals surface area contributed by atoms with Crippen LogP contribution in [0.2, 0.25) is 0 Å². The summed E-state index contributed by atoms with van der Waals surface area (Å²) < 4.78 is 27.2. The first-order chi connectivity index (χ1) is 10.1. The van der Waals surface area contributed by atoms with Crippen LogP contribution in [0.25, 0.3) is 0 Å². The molecule has 0 bridgehead atoms. The second-order valence-electron chi connectivity index (χ2n) is 5.08. The zero-order chi connectivity index (χ0) is 14.9. The van der Waals surface area contributed by atoms with E-state index in [4.69, 9.17) is 0 Å². The molecule has 6 heteroatoms. The number of aryl methyl sites for hydroxylation is 1. The van der Waals surface area contributed by atoms with Crippen molar-refractivity contribution in [2.24, 2.45) is 0 Å². The molecule has 2 heterocycles. The quantitative estimate of drug-likeness (QED) is 0.943. The van der Waals surface area contributed by atoms with Gasteiger partial charge in [0, 0.05) is 18.0 Å². The number of rotatable bonds is 3. The molecule has 0 saturated heterocycles. The lowest BCUT2D eigenvalue weighted by atomic mass is 10.0. The van der Waals surface area contributed by atoms with Crippen molar-refractivity contribution in [2.75, 3.05) is 6.54 Å². The maximum atomic E-state index is 12.8. The molecule has 112 valence electrons. The van der Waals surface area contributed by atoms with Crippen molar-refractivity contribution in [3.05, 3.63) is 51.7 Å². The van der Waals surface area contributed by atoms with E-state index < -0.39 is 10.0 Å². The predicted octanol–water partition coefficient (Wildman–Crippen LogP) is 2.38. The third-order valence-electron chi connectivity index (χ3n) is 3.78. The number of nitrogens with zero attached hydrogens (tertiary/aromatic N) is 1. The second kappa shape index (κ2) is 5.88. The number of sulfonamides is 1. The Morgan fingerprint density at radius 3 is 2.71 bits per heavy atom. The largest absolute Gasteiger partial charge is 0.391 e. The van der Waals surface area contributed by atoms with Crippen LogP contribution < -0.4 is 0 Å². The fourth-order valence-electron chi connectivity index (χ4n) is 2.69. The molecule has 3 rings (SSSR count). The average Bonchev–Trinajstić information content (AvgIpc) is 2.86. The lowest BCUT2D eigenvalue weighted by molar-refractivity contribution is 0.282. The first kappa shape index (κ1) is 14.7. The van der Waals surface area contributed by atoms with Gasteiger partial charge in [0.05, 0.1) is 11.5 Å². The molecule has 21 heavy (non-hydrogen) atoms. The Labute approximate surface area is 128 Å². The van der Waals surface area contributed by atoms with E-state index in [1.165, 1.54) is 21.2 Å². The van der Waals surface area contributed by atoms with Crippen molar-refractivity contribution in [2.45, 2.75) is 30.9 Å². The normalized spacial score (nSPS) is 16.4. The molecule has 4 nitrogen and oxygen atoms in total. The number of hydrogen-bond acceptors (Lipinski definition) is 4. The van der Waals surface area contributed by atoms with Gasteiger partial charge in [0.2, 0.25) is 10.0 Å². The van der Waals surface area contributed by atoms with Crippen LogP contribution in [0.1, 0.15) is 22.4 Å². The van der Waals surface area contributed by atoms with Crippen LogP contribution >= 0.6 is 11.3 Å². The summed E-state index contributed by atoms with van der Waals surface area (Å²) in [6.07, 6.45) is 1.72. The highest BCUT2D eigenvalue weighted by molar-refractivity contribution is 7.89. The molecular formula is C15H17NO3S2. The third-order valence-corrected chi connectivity index (χ3v) is 6.75. The molecule has 0 unspecified atom stereocenters. The number of benzene rings is 1. The van der Waals surface area contributed by atoms with E-state index in [2.05, 4.69) is 6.07 Å². The summed E-state index contributed by atoms with van der Waals surface area (Å²) in [5, 5.41) is 11.0. The van der Waals surface area contributed by atoms with E-state index >= 15 is 0 Å². The molecular weight excluding hydrogens is 306 g/mol. The highest BCUT2D eigenvalue weighted by atomic mass is 32.2. The minimum atomic E-state index is -3.54. The smallest absolute Gasteiger partial charge is 0.244 e. The zero-order valence-electron chi connectivity index (χ0n) is 11.5. The topological polar surface area (TPSA) is 57.6 Å². The monoisotopic (exact) mass is 323 g/mol. The molecule has 0 radical (unpaired) electrons. The number of aliphatic hydroxyl groups excluding tert-OH is 1. The van der Waals surface area contributed by atoms with Crippen LogP contribution in [0.15, 0.2) is 40.6 Å². The molecule has 0 amide bonds. The van der Waals surface area contributed by atoms with Gasteiger partial charge in [0.15, 0.2) is 0 Å². The number of hydrogen-bond donors (Lipinski definition) is 1. The Bertz CT molecular complexity index is 737. The summed E-state index contributed by atoms with van der Waals surface area (Å²) in [6, 6.07) is 9.58. The van der Waals surface area contributed by atoms with Gasteiger partial charge >= 0.3 is 0 Å². The molecule has 0 fully saturated rings. The first-order valence-electron chi connectivity index (χ1n) is 6.87. The Kier molecular flexibility index (Phi) is 4.12. The summed E-state index contributed by atoms with van der Waals surface area (Å²) in [4.78, 5) is 0.752. The fourth-order valence-corrected chi connectivity index (χ4v) is 5.41. The highest BCUT2D eigenvalue weighted by Crippen LogP contribution is 2.28. The Hall–Kier alpha value is -1.21. The Morgan fingerprint density at radius 1 is 1.19 bits per heavy atom. The van der Waals surface area contributed by atoms with Crippen molar-refractivity contribution >= 4 is 21.4 Å². The molecule has 1 aliphatic rings. The lowest BCUT2D eigenvalue weighted by Gasteiger charge is -2.20. The van der Waals surface area contributed by atoms with E-state index in [0.29, 0.717) is 18.0 Å². The van der Waals surface area contributed by atoms with Gasteiger partial charge < -0.3 is 5.11 Å². The molecule has 1 aromatic heterocycles. The average molecular weight is 323 g/mol. The Morgan fingerprint density at radius 2 is 1.95 bits per heavy atom. The number of thiophene rings is 1. The van der Waals surface area contributed by atoms with E-state index in [-0.39, 0.29) is 11.5 Å². The molecule has 0 saturated carbocycles. The van der Waals surface area contributed by atoms with Crippen LogP contribution in [-0.4, -0.2) is 24.4 Å². The van der Waals surface area contributed by atoms with Crippen LogP contribution in [0.3, 0.4) is 0 Å². The second-order valence-corrected chi connectivity index (χ2v) is 7.98. The van der Waals surface area contributed by atoms with Gasteiger partial charge in [-0.1, -0.05) is 24.3 Å². The molecule has 0 atom stereocenters. The molecule has 1 aromatic carbocycles. The Balaban J connectivity index is 1.97. The SMILES string of the molecule is O=S(=O)(c1ccsc1CO)N1CCCc2ccccc2C1. The standard InChI is InChI=1S/C15H17NO3S2/c17-11-14-15(7-9-20-14)21(18,19)16-8-3-6-12-4-1-2-5-13(12)10-16/h1-2,4-5,7,9,17H,3,6,8,10-11H2. The van der Waals surface area contributed by atoms with E-state index in [1.54, 1.807) is 11.4 Å². The maximum Gasteiger partial charge on any atom is 0.244 e. The minimum Gasteiger partial charge on any atom is -0.391 e. The number of fused-ring (bicyclic) bond motifs is 1. The fraction of sp³-hybridized carbons (Fsp3) is 0.333. The van der Waals surface area contributed by atoms with Crippen molar-refractivity contribution < 1.29 is 13.5 Å². The van der Waals surface area contributed by atoms with Crippen molar-refractivity contribution in [1.82, 2.24) is 4.31 Å². The van der Waals surface area contributed by atoms with Crippen molar-refractivity contribution in [1.29, 1.82) is 0 Å². The van der Waals surface area contributed by atoms with Crippen LogP contribution in [-0.2, 0) is 29.6 Å². The van der Waals surface area contributed by atoms with Gasteiger partial charge in [-0.25, -0.2) is 8.42 Å². The van der Waals surface area contributed by atoms with Gasteiger partial charge in [0.25, 0.3) is 0 Å². The van der Waals surface area contributed by atoms with Gasteiger partial charge in [-0.05, 0) is 35.4 Å². The van der Waals surface area contributed by atoms with E-state index in [1.807, 2.05) is 18.2 Å². The molecule has 1 N–H and O–H groups in total. The van der Waals surface area contributed by atoms with Gasteiger partial charge in [-0.2, -0.15) is 4.31 Å². The van der Waals surface area contributed by atoms with Crippen molar-refractivity contribution in [3.8, 4) is 0 Å². The van der Waals surface area contributed by atoms with Crippen LogP contribution in [0.5, 0.6) is 0 Å². The number of aliphatic hydroxyl groups is 1. The minimum absolute atomic E-state index is 0.239. The van der Waals surface area contributed by atoms with Gasteiger partial charge in [0.1, 0.15) is 0 Å². The molecule has 1 aliphatic heterocycles. The summed E-state index contributed by atoms with van der Waals surface area (Å²) in [5.41, 5.74) is 2.29. The summed E-state index contributed by atoms with van der Waals surface area (Å²) in [6.45, 7) is 0.674. The molecule has 2 aromatic rings. The first-order valence-corrected chi connectivity index (χ1v) is 9.19. The van der Waals surface area contributed by atoms with Crippen LogP contribution in [0.4, 0.5) is 0 Å². The summed E-state index contributed by atoms with van der Waals surface area (Å²) >= 11 is 1.28. The molecule has 0 aliphatic carbocycles. The zero-order valence-corrected chi connectivity index (χ0v) is 13.2.